The van der Waals surface area contributed by atoms with Crippen molar-refractivity contribution in [1.82, 2.24) is 19.2 Å². The minimum atomic E-state index is 0.184. The highest BCUT2D eigenvalue weighted by molar-refractivity contribution is 7.71. The van der Waals surface area contributed by atoms with Crippen LogP contribution in [0.2, 0.25) is 0 Å². The van der Waals surface area contributed by atoms with Crippen LogP contribution in [0, 0.1) is 4.77 Å². The highest BCUT2D eigenvalue weighted by Crippen LogP contribution is 2.29. The van der Waals surface area contributed by atoms with Gasteiger partial charge in [-0.2, -0.15) is 0 Å². The zero-order chi connectivity index (χ0) is 17.9. The first-order valence-corrected chi connectivity index (χ1v) is 8.98. The average molecular weight is 368 g/mol. The molecule has 0 aliphatic carbocycles. The number of para-hydroxylation sites is 2. The van der Waals surface area contributed by atoms with Gasteiger partial charge in [-0.25, -0.2) is 4.68 Å². The number of hydrogen-bond donors (Lipinski definition) is 1. The average Bonchev–Trinajstić information content (AvgIpc) is 3.00. The first-order chi connectivity index (χ1) is 12.7. The molecule has 1 aliphatic rings. The van der Waals surface area contributed by atoms with Crippen molar-refractivity contribution in [1.29, 1.82) is 0 Å². The van der Waals surface area contributed by atoms with Gasteiger partial charge in [0.2, 0.25) is 4.77 Å². The molecule has 26 heavy (non-hydrogen) atoms. The van der Waals surface area contributed by atoms with Crippen LogP contribution in [0.15, 0.2) is 54.6 Å². The summed E-state index contributed by atoms with van der Waals surface area (Å²) in [6, 6.07) is 17.1. The molecule has 0 atom stereocenters. The van der Waals surface area contributed by atoms with Crippen molar-refractivity contribution < 1.29 is 9.84 Å². The van der Waals surface area contributed by atoms with E-state index in [1.165, 1.54) is 0 Å². The van der Waals surface area contributed by atoms with Crippen molar-refractivity contribution in [3.63, 3.8) is 0 Å². The van der Waals surface area contributed by atoms with Gasteiger partial charge in [0, 0.05) is 18.8 Å². The molecule has 2 heterocycles. The quantitative estimate of drug-likeness (QED) is 0.718. The van der Waals surface area contributed by atoms with Crippen molar-refractivity contribution in [3.8, 4) is 22.8 Å². The Morgan fingerprint density at radius 3 is 2.42 bits per heavy atom. The number of rotatable bonds is 4. The second-order valence-electron chi connectivity index (χ2n) is 6.17. The summed E-state index contributed by atoms with van der Waals surface area (Å²) in [5.74, 6) is 0.816. The molecule has 7 heteroatoms. The molecule has 1 fully saturated rings. The lowest BCUT2D eigenvalue weighted by Crippen LogP contribution is -2.37. The van der Waals surface area contributed by atoms with Crippen LogP contribution in [0.1, 0.15) is 0 Å². The Kier molecular flexibility index (Phi) is 4.83. The molecule has 3 aromatic rings. The van der Waals surface area contributed by atoms with Gasteiger partial charge in [-0.1, -0.05) is 30.3 Å². The topological polar surface area (TPSA) is 55.5 Å². The van der Waals surface area contributed by atoms with Crippen molar-refractivity contribution in [2.75, 3.05) is 26.3 Å². The van der Waals surface area contributed by atoms with Gasteiger partial charge in [-0.05, 0) is 36.5 Å². The third-order valence-electron chi connectivity index (χ3n) is 4.44. The van der Waals surface area contributed by atoms with E-state index in [0.29, 0.717) is 22.8 Å². The lowest BCUT2D eigenvalue weighted by Gasteiger charge is -2.26. The van der Waals surface area contributed by atoms with Gasteiger partial charge >= 0.3 is 0 Å². The van der Waals surface area contributed by atoms with Gasteiger partial charge in [0.15, 0.2) is 5.82 Å². The Morgan fingerprint density at radius 1 is 1.00 bits per heavy atom. The maximum absolute atomic E-state index is 10.3. The predicted octanol–water partition coefficient (Wildman–Crippen LogP) is 3.07. The molecule has 134 valence electrons. The lowest BCUT2D eigenvalue weighted by molar-refractivity contribution is 0.0210. The van der Waals surface area contributed by atoms with E-state index in [4.69, 9.17) is 22.1 Å². The molecule has 0 saturated carbocycles. The highest BCUT2D eigenvalue weighted by Gasteiger charge is 2.19. The van der Waals surface area contributed by atoms with E-state index < -0.39 is 0 Å². The third-order valence-corrected chi connectivity index (χ3v) is 4.83. The Labute approximate surface area is 156 Å². The largest absolute Gasteiger partial charge is 0.507 e. The van der Waals surface area contributed by atoms with E-state index in [-0.39, 0.29) is 5.75 Å². The van der Waals surface area contributed by atoms with Gasteiger partial charge in [0.05, 0.1) is 25.4 Å². The van der Waals surface area contributed by atoms with Crippen LogP contribution in [0.5, 0.6) is 5.75 Å². The molecule has 0 unspecified atom stereocenters. The summed E-state index contributed by atoms with van der Waals surface area (Å²) >= 11 is 5.73. The summed E-state index contributed by atoms with van der Waals surface area (Å²) < 4.78 is 9.74. The van der Waals surface area contributed by atoms with Gasteiger partial charge in [-0.15, -0.1) is 5.10 Å². The molecule has 1 aromatic heterocycles. The number of hydrogen-bond acceptors (Lipinski definition) is 5. The van der Waals surface area contributed by atoms with Gasteiger partial charge in [-0.3, -0.25) is 9.47 Å². The second-order valence-corrected chi connectivity index (χ2v) is 6.53. The van der Waals surface area contributed by atoms with E-state index in [0.717, 1.165) is 32.0 Å². The van der Waals surface area contributed by atoms with Crippen LogP contribution in [0.3, 0.4) is 0 Å². The first kappa shape index (κ1) is 17.0. The standard InChI is InChI=1S/C19H20N4O2S/c24-17-9-5-4-8-16(17)18-20-22(14-21-10-12-25-13-11-21)19(26)23(18)15-6-2-1-3-7-15/h1-9,24H,10-14H2. The fraction of sp³-hybridized carbons (Fsp3) is 0.263. The number of morpholine rings is 1. The van der Waals surface area contributed by atoms with E-state index >= 15 is 0 Å². The van der Waals surface area contributed by atoms with Crippen molar-refractivity contribution in [3.05, 3.63) is 59.4 Å². The second kappa shape index (κ2) is 7.41. The molecule has 0 bridgehead atoms. The molecule has 1 N–H and O–H groups in total. The maximum atomic E-state index is 10.3. The summed E-state index contributed by atoms with van der Waals surface area (Å²) in [5, 5.41) is 15.1. The molecule has 6 nitrogen and oxygen atoms in total. The summed E-state index contributed by atoms with van der Waals surface area (Å²) in [4.78, 5) is 2.26. The van der Waals surface area contributed by atoms with E-state index in [1.54, 1.807) is 12.1 Å². The lowest BCUT2D eigenvalue weighted by atomic mass is 10.2. The van der Waals surface area contributed by atoms with Crippen LogP contribution < -0.4 is 0 Å². The van der Waals surface area contributed by atoms with Crippen LogP contribution in [-0.2, 0) is 11.4 Å². The van der Waals surface area contributed by atoms with Crippen LogP contribution in [0.25, 0.3) is 17.1 Å². The minimum Gasteiger partial charge on any atom is -0.507 e. The minimum absolute atomic E-state index is 0.184. The third kappa shape index (κ3) is 3.29. The monoisotopic (exact) mass is 368 g/mol. The van der Waals surface area contributed by atoms with Crippen LogP contribution in [0.4, 0.5) is 0 Å². The molecule has 0 amide bonds. The fourth-order valence-electron chi connectivity index (χ4n) is 3.08. The fourth-order valence-corrected chi connectivity index (χ4v) is 3.37. The Balaban J connectivity index is 1.82. The summed E-state index contributed by atoms with van der Waals surface area (Å²) in [6.07, 6.45) is 0. The normalized spacial score (nSPS) is 15.2. The number of benzene rings is 2. The van der Waals surface area contributed by atoms with Crippen LogP contribution >= 0.6 is 12.2 Å². The number of ether oxygens (including phenoxy) is 1. The Morgan fingerprint density at radius 2 is 1.69 bits per heavy atom. The number of phenols is 1. The smallest absolute Gasteiger partial charge is 0.204 e. The van der Waals surface area contributed by atoms with Crippen molar-refractivity contribution in [2.45, 2.75) is 6.67 Å². The molecule has 2 aromatic carbocycles. The van der Waals surface area contributed by atoms with E-state index in [1.807, 2.05) is 51.7 Å². The molecule has 1 aliphatic heterocycles. The number of aromatic nitrogens is 3. The molecule has 1 saturated heterocycles. The first-order valence-electron chi connectivity index (χ1n) is 8.58. The Hall–Kier alpha value is -2.48. The van der Waals surface area contributed by atoms with Gasteiger partial charge in [0.1, 0.15) is 5.75 Å². The van der Waals surface area contributed by atoms with E-state index in [9.17, 15) is 5.11 Å². The summed E-state index contributed by atoms with van der Waals surface area (Å²) in [5.41, 5.74) is 1.58. The van der Waals surface area contributed by atoms with E-state index in [2.05, 4.69) is 4.90 Å². The number of nitrogens with zero attached hydrogens (tertiary/aromatic N) is 4. The van der Waals surface area contributed by atoms with Gasteiger partial charge < -0.3 is 9.84 Å². The maximum Gasteiger partial charge on any atom is 0.204 e. The number of aromatic hydroxyl groups is 1. The zero-order valence-corrected chi connectivity index (χ0v) is 15.1. The number of phenolic OH excluding ortho intramolecular Hbond substituents is 1. The molecular formula is C19H20N4O2S. The molecule has 4 rings (SSSR count). The zero-order valence-electron chi connectivity index (χ0n) is 14.3. The predicted molar refractivity (Wildman–Crippen MR) is 102 cm³/mol. The molecular weight excluding hydrogens is 348 g/mol. The SMILES string of the molecule is Oc1ccccc1-c1nn(CN2CCOCC2)c(=S)n1-c1ccccc1. The van der Waals surface area contributed by atoms with Gasteiger partial charge in [0.25, 0.3) is 0 Å². The van der Waals surface area contributed by atoms with Crippen LogP contribution in [-0.4, -0.2) is 50.7 Å². The Bertz CT molecular complexity index is 946. The van der Waals surface area contributed by atoms with Crippen molar-refractivity contribution >= 4 is 12.2 Å². The summed E-state index contributed by atoms with van der Waals surface area (Å²) in [6.45, 7) is 3.75. The van der Waals surface area contributed by atoms with Crippen molar-refractivity contribution in [2.24, 2.45) is 0 Å². The molecule has 0 spiro atoms. The molecule has 0 radical (unpaired) electrons. The highest BCUT2D eigenvalue weighted by atomic mass is 32.1. The summed E-state index contributed by atoms with van der Waals surface area (Å²) in [7, 11) is 0.